The number of ether oxygens (including phenoxy) is 1. The van der Waals surface area contributed by atoms with Gasteiger partial charge in [0.1, 0.15) is 17.2 Å². The molecule has 0 aliphatic carbocycles. The first-order chi connectivity index (χ1) is 14.5. The van der Waals surface area contributed by atoms with Gasteiger partial charge < -0.3 is 15.0 Å². The van der Waals surface area contributed by atoms with Gasteiger partial charge >= 0.3 is 5.69 Å². The van der Waals surface area contributed by atoms with Crippen LogP contribution in [0.5, 0.6) is 0 Å². The first-order valence-corrected chi connectivity index (χ1v) is 9.58. The summed E-state index contributed by atoms with van der Waals surface area (Å²) in [5.41, 5.74) is 0.210. The predicted molar refractivity (Wildman–Crippen MR) is 111 cm³/mol. The van der Waals surface area contributed by atoms with Crippen molar-refractivity contribution >= 4 is 22.8 Å². The van der Waals surface area contributed by atoms with Gasteiger partial charge in [0.15, 0.2) is 0 Å². The zero-order chi connectivity index (χ0) is 21.3. The molecular weight excluding hydrogens is 388 g/mol. The number of nitrogens with one attached hydrogen (secondary N) is 1. The van der Waals surface area contributed by atoms with Crippen LogP contribution < -0.4 is 21.5 Å². The van der Waals surface area contributed by atoms with Crippen LogP contribution in [0.25, 0.3) is 11.0 Å². The van der Waals surface area contributed by atoms with Gasteiger partial charge in [-0.1, -0.05) is 6.07 Å². The zero-order valence-electron chi connectivity index (χ0n) is 16.8. The van der Waals surface area contributed by atoms with E-state index < -0.39 is 17.2 Å². The number of morpholine rings is 1. The Bertz CT molecular complexity index is 1210. The van der Waals surface area contributed by atoms with Crippen molar-refractivity contribution in [3.8, 4) is 0 Å². The second kappa shape index (κ2) is 8.07. The summed E-state index contributed by atoms with van der Waals surface area (Å²) in [6.45, 7) is 3.28. The Labute approximate surface area is 171 Å². The standard InChI is InChI=1S/C20H22N6O4/c1-24-17-14(19(28)25(2)20(24)29)4-5-15(23-17)18(27)22-12-13-3-6-16(21-11-13)26-7-9-30-10-8-26/h3-6,11H,7-10,12H2,1-2H3,(H,22,27). The monoisotopic (exact) mass is 410 g/mol. The molecule has 0 unspecified atom stereocenters. The van der Waals surface area contributed by atoms with Gasteiger partial charge in [-0.2, -0.15) is 0 Å². The molecule has 0 atom stereocenters. The molecule has 156 valence electrons. The Kier molecular flexibility index (Phi) is 5.32. The minimum absolute atomic E-state index is 0.128. The molecule has 1 aliphatic rings. The number of aryl methyl sites for hydroxylation is 1. The highest BCUT2D eigenvalue weighted by Crippen LogP contribution is 2.13. The molecule has 10 nitrogen and oxygen atoms in total. The number of hydrogen-bond donors (Lipinski definition) is 1. The van der Waals surface area contributed by atoms with E-state index in [0.29, 0.717) is 13.2 Å². The Balaban J connectivity index is 1.48. The predicted octanol–water partition coefficient (Wildman–Crippen LogP) is -0.206. The third kappa shape index (κ3) is 3.69. The molecule has 0 saturated carbocycles. The minimum atomic E-state index is -0.496. The van der Waals surface area contributed by atoms with E-state index in [-0.39, 0.29) is 23.3 Å². The highest BCUT2D eigenvalue weighted by Gasteiger charge is 2.15. The molecule has 1 aliphatic heterocycles. The molecule has 0 aromatic carbocycles. The van der Waals surface area contributed by atoms with Crippen LogP contribution in [0.1, 0.15) is 16.1 Å². The van der Waals surface area contributed by atoms with Gasteiger partial charge in [0, 0.05) is 39.9 Å². The summed E-state index contributed by atoms with van der Waals surface area (Å²) < 4.78 is 7.61. The van der Waals surface area contributed by atoms with Gasteiger partial charge in [-0.15, -0.1) is 0 Å². The molecule has 3 aromatic heterocycles. The summed E-state index contributed by atoms with van der Waals surface area (Å²) in [7, 11) is 2.92. The molecule has 1 saturated heterocycles. The van der Waals surface area contributed by atoms with E-state index >= 15 is 0 Å². The Hall–Kier alpha value is -3.53. The fourth-order valence-electron chi connectivity index (χ4n) is 3.35. The number of fused-ring (bicyclic) bond motifs is 1. The lowest BCUT2D eigenvalue weighted by molar-refractivity contribution is 0.0946. The van der Waals surface area contributed by atoms with Gasteiger partial charge in [0.25, 0.3) is 11.5 Å². The van der Waals surface area contributed by atoms with E-state index in [1.807, 2.05) is 12.1 Å². The number of carbonyl (C=O) groups excluding carboxylic acids is 1. The molecule has 10 heteroatoms. The maximum atomic E-state index is 12.5. The maximum Gasteiger partial charge on any atom is 0.332 e. The largest absolute Gasteiger partial charge is 0.378 e. The van der Waals surface area contributed by atoms with Crippen molar-refractivity contribution in [1.82, 2.24) is 24.4 Å². The number of rotatable bonds is 4. The summed E-state index contributed by atoms with van der Waals surface area (Å²) in [6.07, 6.45) is 1.73. The highest BCUT2D eigenvalue weighted by molar-refractivity contribution is 5.94. The van der Waals surface area contributed by atoms with Crippen LogP contribution in [0.15, 0.2) is 40.1 Å². The number of anilines is 1. The zero-order valence-corrected chi connectivity index (χ0v) is 16.8. The number of amides is 1. The van der Waals surface area contributed by atoms with Crippen LogP contribution >= 0.6 is 0 Å². The molecule has 1 fully saturated rings. The quantitative estimate of drug-likeness (QED) is 0.634. The van der Waals surface area contributed by atoms with Crippen LogP contribution in [0, 0.1) is 0 Å². The van der Waals surface area contributed by atoms with Crippen LogP contribution in [-0.2, 0) is 25.4 Å². The summed E-state index contributed by atoms with van der Waals surface area (Å²) in [5.74, 6) is 0.481. The smallest absolute Gasteiger partial charge is 0.332 e. The van der Waals surface area contributed by atoms with E-state index in [4.69, 9.17) is 4.74 Å². The van der Waals surface area contributed by atoms with Crippen molar-refractivity contribution in [2.24, 2.45) is 14.1 Å². The molecule has 30 heavy (non-hydrogen) atoms. The number of aromatic nitrogens is 4. The second-order valence-electron chi connectivity index (χ2n) is 7.08. The molecule has 4 rings (SSSR count). The molecule has 0 bridgehead atoms. The van der Waals surface area contributed by atoms with E-state index in [9.17, 15) is 14.4 Å². The number of hydrogen-bond acceptors (Lipinski definition) is 7. The number of pyridine rings is 2. The lowest BCUT2D eigenvalue weighted by Crippen LogP contribution is -2.37. The van der Waals surface area contributed by atoms with Gasteiger partial charge in [-0.05, 0) is 23.8 Å². The molecule has 0 radical (unpaired) electrons. The second-order valence-corrected chi connectivity index (χ2v) is 7.08. The fourth-order valence-corrected chi connectivity index (χ4v) is 3.35. The number of nitrogens with zero attached hydrogens (tertiary/aromatic N) is 5. The molecule has 1 N–H and O–H groups in total. The van der Waals surface area contributed by atoms with Crippen molar-refractivity contribution < 1.29 is 9.53 Å². The first-order valence-electron chi connectivity index (χ1n) is 9.58. The van der Waals surface area contributed by atoms with Gasteiger partial charge in [-0.25, -0.2) is 14.8 Å². The summed E-state index contributed by atoms with van der Waals surface area (Å²) >= 11 is 0. The molecular formula is C20H22N6O4. The van der Waals surface area contributed by atoms with E-state index in [1.165, 1.54) is 30.8 Å². The third-order valence-electron chi connectivity index (χ3n) is 5.13. The molecule has 3 aromatic rings. The normalized spacial score (nSPS) is 14.1. The third-order valence-corrected chi connectivity index (χ3v) is 5.13. The summed E-state index contributed by atoms with van der Waals surface area (Å²) in [4.78, 5) is 47.7. The summed E-state index contributed by atoms with van der Waals surface area (Å²) in [6, 6.07) is 6.83. The number of carbonyl (C=O) groups is 1. The van der Waals surface area contributed by atoms with Crippen LogP contribution in [0.4, 0.5) is 5.82 Å². The van der Waals surface area contributed by atoms with Crippen molar-refractivity contribution in [1.29, 1.82) is 0 Å². The van der Waals surface area contributed by atoms with Crippen molar-refractivity contribution in [2.45, 2.75) is 6.54 Å². The average molecular weight is 410 g/mol. The lowest BCUT2D eigenvalue weighted by Gasteiger charge is -2.27. The molecule has 1 amide bonds. The Morgan fingerprint density at radius 1 is 1.10 bits per heavy atom. The van der Waals surface area contributed by atoms with Gasteiger partial charge in [0.2, 0.25) is 0 Å². The maximum absolute atomic E-state index is 12.5. The van der Waals surface area contributed by atoms with Crippen molar-refractivity contribution in [3.63, 3.8) is 0 Å². The average Bonchev–Trinajstić information content (AvgIpc) is 2.80. The van der Waals surface area contributed by atoms with Crippen molar-refractivity contribution in [2.75, 3.05) is 31.2 Å². The van der Waals surface area contributed by atoms with Crippen molar-refractivity contribution in [3.05, 3.63) is 62.6 Å². The fraction of sp³-hybridized carbons (Fsp3) is 0.350. The lowest BCUT2D eigenvalue weighted by atomic mass is 10.2. The molecule has 0 spiro atoms. The van der Waals surface area contributed by atoms with Gasteiger partial charge in [-0.3, -0.25) is 18.7 Å². The van der Waals surface area contributed by atoms with E-state index in [1.54, 1.807) is 6.20 Å². The van der Waals surface area contributed by atoms with Crippen LogP contribution in [-0.4, -0.2) is 51.3 Å². The first kappa shape index (κ1) is 19.8. The Morgan fingerprint density at radius 2 is 1.87 bits per heavy atom. The minimum Gasteiger partial charge on any atom is -0.378 e. The van der Waals surface area contributed by atoms with Crippen LogP contribution in [0.3, 0.4) is 0 Å². The SMILES string of the molecule is Cn1c(=O)c2ccc(C(=O)NCc3ccc(N4CCOCC4)nc3)nc2n(C)c1=O. The Morgan fingerprint density at radius 3 is 2.57 bits per heavy atom. The summed E-state index contributed by atoms with van der Waals surface area (Å²) in [5, 5.41) is 3.07. The topological polar surface area (TPSA) is 111 Å². The highest BCUT2D eigenvalue weighted by atomic mass is 16.5. The van der Waals surface area contributed by atoms with Gasteiger partial charge in [0.05, 0.1) is 18.6 Å². The molecule has 4 heterocycles. The van der Waals surface area contributed by atoms with E-state index in [2.05, 4.69) is 20.2 Å². The van der Waals surface area contributed by atoms with Crippen LogP contribution in [0.2, 0.25) is 0 Å². The van der Waals surface area contributed by atoms with E-state index in [0.717, 1.165) is 29.0 Å².